The van der Waals surface area contributed by atoms with Gasteiger partial charge >= 0.3 is 8.11 Å². The van der Waals surface area contributed by atoms with E-state index in [1.807, 2.05) is 13.8 Å². The molecule has 0 aliphatic carbocycles. The lowest BCUT2D eigenvalue weighted by Crippen LogP contribution is -2.39. The highest BCUT2D eigenvalue weighted by Gasteiger charge is 2.38. The third-order valence-corrected chi connectivity index (χ3v) is 3.79. The Balaban J connectivity index is 3.80. The van der Waals surface area contributed by atoms with Gasteiger partial charge in [0.05, 0.1) is 0 Å². The maximum Gasteiger partial charge on any atom is 0.612 e. The predicted molar refractivity (Wildman–Crippen MR) is 41.8 cm³/mol. The second-order valence-electron chi connectivity index (χ2n) is 2.06. The van der Waals surface area contributed by atoms with Gasteiger partial charge in [0.2, 0.25) is 0 Å². The molecule has 0 rings (SSSR count). The zero-order valence-electron chi connectivity index (χ0n) is 6.68. The summed E-state index contributed by atoms with van der Waals surface area (Å²) < 4.78 is 14.9. The molecule has 0 radical (unpaired) electrons. The van der Waals surface area contributed by atoms with Gasteiger partial charge in [-0.25, -0.2) is 0 Å². The van der Waals surface area contributed by atoms with Crippen LogP contribution >= 0.6 is 11.1 Å². The Bertz CT molecular complexity index is 94.9. The molecule has 0 spiro atoms. The summed E-state index contributed by atoms with van der Waals surface area (Å²) in [6, 6.07) is 0. The summed E-state index contributed by atoms with van der Waals surface area (Å²) in [6.07, 6.45) is 0.0315. The summed E-state index contributed by atoms with van der Waals surface area (Å²) in [6.45, 7) is 3.75. The van der Waals surface area contributed by atoms with E-state index in [4.69, 9.17) is 24.4 Å². The Morgan fingerprint density at radius 2 is 1.60 bits per heavy atom. The van der Waals surface area contributed by atoms with Gasteiger partial charge in [-0.2, -0.15) is 0 Å². The molecule has 0 amide bonds. The van der Waals surface area contributed by atoms with Crippen molar-refractivity contribution in [3.8, 4) is 0 Å². The second-order valence-corrected chi connectivity index (χ2v) is 5.46. The van der Waals surface area contributed by atoms with Crippen molar-refractivity contribution in [2.24, 2.45) is 0 Å². The van der Waals surface area contributed by atoms with Crippen molar-refractivity contribution < 1.29 is 13.3 Å². The lowest BCUT2D eigenvalue weighted by molar-refractivity contribution is 0.0918. The summed E-state index contributed by atoms with van der Waals surface area (Å²) in [4.78, 5) is 0. The molecule has 0 aliphatic rings. The normalized spacial score (nSPS) is 12.6. The van der Waals surface area contributed by atoms with Gasteiger partial charge in [0.25, 0.3) is 0 Å². The molecular formula is C5H13ClO3Si. The Morgan fingerprint density at radius 1 is 1.20 bits per heavy atom. The highest BCUT2D eigenvalue weighted by atomic mass is 35.6. The van der Waals surface area contributed by atoms with E-state index in [0.717, 1.165) is 0 Å². The fraction of sp³-hybridized carbons (Fsp3) is 1.00. The van der Waals surface area contributed by atoms with Crippen LogP contribution in [0.15, 0.2) is 0 Å². The number of hydrogen-bond donors (Lipinski definition) is 0. The summed E-state index contributed by atoms with van der Waals surface area (Å²) in [5, 5.41) is 0. The SMILES string of the molecule is CO[Si](Cl)(OC)OC(C)C. The molecule has 0 saturated heterocycles. The number of hydrogen-bond acceptors (Lipinski definition) is 3. The Labute approximate surface area is 67.3 Å². The highest BCUT2D eigenvalue weighted by molar-refractivity contribution is 7.09. The van der Waals surface area contributed by atoms with Gasteiger partial charge in [0.1, 0.15) is 0 Å². The van der Waals surface area contributed by atoms with Crippen LogP contribution in [0.2, 0.25) is 0 Å². The Hall–Kier alpha value is 0.387. The van der Waals surface area contributed by atoms with Gasteiger partial charge in [0, 0.05) is 20.3 Å². The molecule has 0 atom stereocenters. The standard InChI is InChI=1S/C5H13ClO3Si/c1-5(2)9-10(6,7-3)8-4/h5H,1-4H3. The maximum atomic E-state index is 5.78. The van der Waals surface area contributed by atoms with Crippen molar-refractivity contribution in [2.45, 2.75) is 20.0 Å². The molecule has 0 saturated carbocycles. The molecule has 0 unspecified atom stereocenters. The first kappa shape index (κ1) is 10.4. The largest absolute Gasteiger partial charge is 0.612 e. The predicted octanol–water partition coefficient (Wildman–Crippen LogP) is 1.38. The molecule has 62 valence electrons. The fourth-order valence-corrected chi connectivity index (χ4v) is 1.92. The smallest absolute Gasteiger partial charge is 0.365 e. The molecule has 10 heavy (non-hydrogen) atoms. The topological polar surface area (TPSA) is 27.7 Å². The van der Waals surface area contributed by atoms with E-state index in [2.05, 4.69) is 0 Å². The zero-order valence-corrected chi connectivity index (χ0v) is 8.44. The molecule has 0 aromatic heterocycles. The van der Waals surface area contributed by atoms with Crippen molar-refractivity contribution in [3.63, 3.8) is 0 Å². The lowest BCUT2D eigenvalue weighted by Gasteiger charge is -2.20. The molecule has 0 heterocycles. The minimum absolute atomic E-state index is 0.0315. The minimum atomic E-state index is -2.79. The molecule has 0 aliphatic heterocycles. The minimum Gasteiger partial charge on any atom is -0.365 e. The van der Waals surface area contributed by atoms with E-state index in [0.29, 0.717) is 0 Å². The first-order chi connectivity index (χ1) is 4.54. The number of rotatable bonds is 4. The summed E-state index contributed by atoms with van der Waals surface area (Å²) >= 11 is 5.78. The molecule has 0 bridgehead atoms. The van der Waals surface area contributed by atoms with E-state index in [9.17, 15) is 0 Å². The highest BCUT2D eigenvalue weighted by Crippen LogP contribution is 2.14. The fourth-order valence-electron chi connectivity index (χ4n) is 0.461. The number of halogens is 1. The first-order valence-corrected chi connectivity index (χ1v) is 5.74. The van der Waals surface area contributed by atoms with Crippen LogP contribution in [-0.2, 0) is 13.3 Å². The molecule has 0 N–H and O–H groups in total. The van der Waals surface area contributed by atoms with Gasteiger partial charge in [0.15, 0.2) is 0 Å². The summed E-state index contributed by atoms with van der Waals surface area (Å²) in [7, 11) is 0.166. The van der Waals surface area contributed by atoms with Gasteiger partial charge in [-0.15, -0.1) is 0 Å². The summed E-state index contributed by atoms with van der Waals surface area (Å²) in [5.74, 6) is 0. The van der Waals surface area contributed by atoms with Gasteiger partial charge in [-0.3, -0.25) is 0 Å². The van der Waals surface area contributed by atoms with E-state index in [-0.39, 0.29) is 6.10 Å². The molecule has 5 heteroatoms. The van der Waals surface area contributed by atoms with Crippen LogP contribution in [0.3, 0.4) is 0 Å². The van der Waals surface area contributed by atoms with Crippen molar-refractivity contribution in [1.29, 1.82) is 0 Å². The zero-order chi connectivity index (χ0) is 8.20. The lowest BCUT2D eigenvalue weighted by atomic mass is 10.5. The van der Waals surface area contributed by atoms with E-state index < -0.39 is 8.11 Å². The van der Waals surface area contributed by atoms with Crippen molar-refractivity contribution in [3.05, 3.63) is 0 Å². The van der Waals surface area contributed by atoms with Crippen LogP contribution in [0.25, 0.3) is 0 Å². The van der Waals surface area contributed by atoms with Gasteiger partial charge in [-0.05, 0) is 13.8 Å². The molecule has 0 fully saturated rings. The van der Waals surface area contributed by atoms with Crippen LogP contribution in [0.4, 0.5) is 0 Å². The quantitative estimate of drug-likeness (QED) is 0.488. The van der Waals surface area contributed by atoms with Crippen molar-refractivity contribution in [2.75, 3.05) is 14.2 Å². The maximum absolute atomic E-state index is 5.78. The molecule has 0 aromatic rings. The monoisotopic (exact) mass is 184 g/mol. The van der Waals surface area contributed by atoms with Crippen LogP contribution in [0.1, 0.15) is 13.8 Å². The average molecular weight is 185 g/mol. The first-order valence-electron chi connectivity index (χ1n) is 3.01. The second kappa shape index (κ2) is 4.30. The van der Waals surface area contributed by atoms with Gasteiger partial charge in [-0.1, -0.05) is 11.1 Å². The molecule has 0 aromatic carbocycles. The van der Waals surface area contributed by atoms with E-state index in [1.165, 1.54) is 14.2 Å². The average Bonchev–Trinajstić information content (AvgIpc) is 1.87. The summed E-state index contributed by atoms with van der Waals surface area (Å²) in [5.41, 5.74) is 0. The Kier molecular flexibility index (Phi) is 4.47. The van der Waals surface area contributed by atoms with Gasteiger partial charge < -0.3 is 13.3 Å². The van der Waals surface area contributed by atoms with Crippen molar-refractivity contribution in [1.82, 2.24) is 0 Å². The van der Waals surface area contributed by atoms with Crippen LogP contribution in [0, 0.1) is 0 Å². The van der Waals surface area contributed by atoms with E-state index >= 15 is 0 Å². The van der Waals surface area contributed by atoms with E-state index in [1.54, 1.807) is 0 Å². The van der Waals surface area contributed by atoms with Crippen LogP contribution < -0.4 is 0 Å². The Morgan fingerprint density at radius 3 is 1.70 bits per heavy atom. The van der Waals surface area contributed by atoms with Crippen LogP contribution in [0.5, 0.6) is 0 Å². The third kappa shape index (κ3) is 3.53. The molecule has 3 nitrogen and oxygen atoms in total. The third-order valence-electron chi connectivity index (χ3n) is 0.864. The van der Waals surface area contributed by atoms with Crippen LogP contribution in [-0.4, -0.2) is 28.4 Å². The molecular weight excluding hydrogens is 172 g/mol. The van der Waals surface area contributed by atoms with Crippen molar-refractivity contribution >= 4 is 19.2 Å².